The Morgan fingerprint density at radius 3 is 1.97 bits per heavy atom. The quantitative estimate of drug-likeness (QED) is 0.313. The van der Waals surface area contributed by atoms with E-state index >= 15 is 0 Å². The average Bonchev–Trinajstić information content (AvgIpc) is 3.11. The van der Waals surface area contributed by atoms with Gasteiger partial charge in [0.05, 0.1) is 22.8 Å². The van der Waals surface area contributed by atoms with Crippen molar-refractivity contribution < 1.29 is 13.2 Å². The van der Waals surface area contributed by atoms with E-state index in [1.54, 1.807) is 24.3 Å². The number of anilines is 1. The largest absolute Gasteiger partial charge is 0.385 e. The molecular formula is C25H41N3O3S. The van der Waals surface area contributed by atoms with Gasteiger partial charge in [0, 0.05) is 0 Å². The first kappa shape index (κ1) is 26.4. The molecule has 7 heteroatoms. The van der Waals surface area contributed by atoms with E-state index in [1.807, 2.05) is 0 Å². The van der Waals surface area contributed by atoms with Crippen molar-refractivity contribution in [1.29, 1.82) is 0 Å². The molecule has 0 aromatic heterocycles. The summed E-state index contributed by atoms with van der Waals surface area (Å²) in [5.41, 5.74) is 6.17. The van der Waals surface area contributed by atoms with Gasteiger partial charge in [0.2, 0.25) is 0 Å². The van der Waals surface area contributed by atoms with E-state index in [2.05, 4.69) is 18.9 Å². The van der Waals surface area contributed by atoms with Gasteiger partial charge in [-0.3, -0.25) is 4.79 Å². The van der Waals surface area contributed by atoms with Crippen LogP contribution in [-0.2, 0) is 14.6 Å². The number of carbonyl (C=O) groups excluding carboxylic acids is 1. The molecule has 2 rings (SSSR count). The second-order valence-corrected chi connectivity index (χ2v) is 11.1. The number of hydrogen-bond acceptors (Lipinski definition) is 5. The number of amidine groups is 1. The molecule has 0 unspecified atom stereocenters. The molecule has 0 saturated heterocycles. The van der Waals surface area contributed by atoms with Crippen molar-refractivity contribution in [2.45, 2.75) is 102 Å². The van der Waals surface area contributed by atoms with Gasteiger partial charge in [-0.1, -0.05) is 78.1 Å². The van der Waals surface area contributed by atoms with Gasteiger partial charge in [0.15, 0.2) is 9.84 Å². The number of rotatable bonds is 16. The summed E-state index contributed by atoms with van der Waals surface area (Å²) >= 11 is 0. The van der Waals surface area contributed by atoms with E-state index in [0.29, 0.717) is 10.6 Å². The van der Waals surface area contributed by atoms with Crippen molar-refractivity contribution in [3.05, 3.63) is 24.3 Å². The van der Waals surface area contributed by atoms with Crippen LogP contribution in [0.1, 0.15) is 97.3 Å². The number of nitrogens with zero attached hydrogens (tertiary/aromatic N) is 2. The smallest absolute Gasteiger partial charge is 0.255 e. The van der Waals surface area contributed by atoms with Crippen LogP contribution in [0.25, 0.3) is 0 Å². The van der Waals surface area contributed by atoms with Gasteiger partial charge in [0.1, 0.15) is 5.84 Å². The highest BCUT2D eigenvalue weighted by Crippen LogP contribution is 2.26. The molecule has 0 saturated carbocycles. The summed E-state index contributed by atoms with van der Waals surface area (Å²) in [6.07, 6.45) is 14.0. The van der Waals surface area contributed by atoms with Crippen LogP contribution in [0.4, 0.5) is 5.69 Å². The summed E-state index contributed by atoms with van der Waals surface area (Å²) < 4.78 is 26.3. The number of hydrazone groups is 1. The highest BCUT2D eigenvalue weighted by Gasteiger charge is 2.25. The number of carbonyl (C=O) groups is 1. The van der Waals surface area contributed by atoms with Crippen molar-refractivity contribution in [3.63, 3.8) is 0 Å². The molecule has 0 aliphatic carbocycles. The van der Waals surface area contributed by atoms with Gasteiger partial charge < -0.3 is 5.73 Å². The molecule has 1 aliphatic heterocycles. The SMILES string of the molecule is CCCCCCCC[C@@H](CCCCCC)CS(=O)(=O)c1ccc(N2N=C(N)CC2=O)cc1. The normalized spacial score (nSPS) is 15.2. The molecule has 0 bridgehead atoms. The first-order chi connectivity index (χ1) is 15.4. The van der Waals surface area contributed by atoms with Crippen LogP contribution in [0, 0.1) is 5.92 Å². The molecule has 0 radical (unpaired) electrons. The number of nitrogens with two attached hydrogens (primary N) is 1. The molecule has 1 aromatic carbocycles. The maximum absolute atomic E-state index is 13.1. The molecule has 0 fully saturated rings. The predicted octanol–water partition coefficient (Wildman–Crippen LogP) is 5.81. The summed E-state index contributed by atoms with van der Waals surface area (Å²) in [7, 11) is -3.38. The number of amides is 1. The summed E-state index contributed by atoms with van der Waals surface area (Å²) in [4.78, 5) is 12.3. The first-order valence-corrected chi connectivity index (χ1v) is 14.0. The lowest BCUT2D eigenvalue weighted by Gasteiger charge is -2.18. The van der Waals surface area contributed by atoms with Crippen molar-refractivity contribution in [2.75, 3.05) is 10.8 Å². The molecule has 32 heavy (non-hydrogen) atoms. The van der Waals surface area contributed by atoms with Crippen LogP contribution in [0.3, 0.4) is 0 Å². The Balaban J connectivity index is 1.98. The van der Waals surface area contributed by atoms with Crippen molar-refractivity contribution in [3.8, 4) is 0 Å². The van der Waals surface area contributed by atoms with Crippen molar-refractivity contribution >= 4 is 27.3 Å². The van der Waals surface area contributed by atoms with E-state index < -0.39 is 9.84 Å². The van der Waals surface area contributed by atoms with Gasteiger partial charge >= 0.3 is 0 Å². The fourth-order valence-corrected chi connectivity index (χ4v) is 5.93. The van der Waals surface area contributed by atoms with Crippen LogP contribution >= 0.6 is 0 Å². The third-order valence-corrected chi connectivity index (χ3v) is 8.03. The van der Waals surface area contributed by atoms with Gasteiger partial charge in [-0.25, -0.2) is 8.42 Å². The maximum atomic E-state index is 13.1. The molecule has 1 aliphatic rings. The van der Waals surface area contributed by atoms with E-state index in [-0.39, 0.29) is 29.8 Å². The number of hydrogen-bond donors (Lipinski definition) is 1. The maximum Gasteiger partial charge on any atom is 0.255 e. The lowest BCUT2D eigenvalue weighted by atomic mass is 9.96. The Morgan fingerprint density at radius 1 is 0.906 bits per heavy atom. The molecular weight excluding hydrogens is 422 g/mol. The van der Waals surface area contributed by atoms with E-state index in [9.17, 15) is 13.2 Å². The number of unbranched alkanes of at least 4 members (excludes halogenated alkanes) is 8. The number of benzene rings is 1. The summed E-state index contributed by atoms with van der Waals surface area (Å²) in [6, 6.07) is 6.44. The molecule has 1 atom stereocenters. The zero-order valence-corrected chi connectivity index (χ0v) is 20.7. The minimum atomic E-state index is -3.38. The monoisotopic (exact) mass is 463 g/mol. The van der Waals surface area contributed by atoms with E-state index in [1.165, 1.54) is 56.4 Å². The van der Waals surface area contributed by atoms with Crippen molar-refractivity contribution in [1.82, 2.24) is 0 Å². The van der Waals surface area contributed by atoms with Gasteiger partial charge in [-0.2, -0.15) is 10.1 Å². The van der Waals surface area contributed by atoms with Gasteiger partial charge in [-0.05, 0) is 43.0 Å². The third-order valence-electron chi connectivity index (χ3n) is 6.12. The molecule has 1 amide bonds. The topological polar surface area (TPSA) is 92.8 Å². The number of sulfone groups is 1. The van der Waals surface area contributed by atoms with Crippen LogP contribution in [0.15, 0.2) is 34.3 Å². The minimum Gasteiger partial charge on any atom is -0.385 e. The molecule has 180 valence electrons. The molecule has 1 heterocycles. The Hall–Kier alpha value is -1.89. The Labute approximate surface area is 194 Å². The van der Waals surface area contributed by atoms with Crippen molar-refractivity contribution in [2.24, 2.45) is 16.8 Å². The summed E-state index contributed by atoms with van der Waals surface area (Å²) in [6.45, 7) is 4.41. The fourth-order valence-electron chi connectivity index (χ4n) is 4.24. The lowest BCUT2D eigenvalue weighted by Crippen LogP contribution is -2.20. The Kier molecular flexibility index (Phi) is 11.2. The fraction of sp³-hybridized carbons (Fsp3) is 0.680. The summed E-state index contributed by atoms with van der Waals surface area (Å²) in [5.74, 6) is 0.463. The summed E-state index contributed by atoms with van der Waals surface area (Å²) in [5, 5.41) is 5.25. The van der Waals surface area contributed by atoms with E-state index in [4.69, 9.17) is 5.73 Å². The average molecular weight is 464 g/mol. The second kappa shape index (κ2) is 13.6. The molecule has 0 spiro atoms. The molecule has 6 nitrogen and oxygen atoms in total. The second-order valence-electron chi connectivity index (χ2n) is 9.02. The third kappa shape index (κ3) is 8.57. The standard InChI is InChI=1S/C25H41N3O3S/c1-3-5-7-9-10-12-14-21(13-11-8-6-4-2)20-32(30,31)23-17-15-22(16-18-23)28-25(29)19-24(26)27-28/h15-18,21H,3-14,19-20H2,1-2H3,(H2,26,27)/t21-/m1/s1. The van der Waals surface area contributed by atoms with Crippen LogP contribution in [0.2, 0.25) is 0 Å². The molecule has 2 N–H and O–H groups in total. The first-order valence-electron chi connectivity index (χ1n) is 12.4. The van der Waals surface area contributed by atoms with E-state index in [0.717, 1.165) is 25.7 Å². The van der Waals surface area contributed by atoms with Crippen LogP contribution < -0.4 is 10.7 Å². The Bertz CT molecular complexity index is 834. The highest BCUT2D eigenvalue weighted by atomic mass is 32.2. The zero-order valence-electron chi connectivity index (χ0n) is 19.9. The van der Waals surface area contributed by atoms with Crippen LogP contribution in [0.5, 0.6) is 0 Å². The highest BCUT2D eigenvalue weighted by molar-refractivity contribution is 7.91. The lowest BCUT2D eigenvalue weighted by molar-refractivity contribution is -0.116. The van der Waals surface area contributed by atoms with Gasteiger partial charge in [-0.15, -0.1) is 0 Å². The van der Waals surface area contributed by atoms with Gasteiger partial charge in [0.25, 0.3) is 5.91 Å². The molecule has 1 aromatic rings. The Morgan fingerprint density at radius 2 is 1.44 bits per heavy atom. The predicted molar refractivity (Wildman–Crippen MR) is 132 cm³/mol. The van der Waals surface area contributed by atoms with Crippen LogP contribution in [-0.4, -0.2) is 25.9 Å². The zero-order chi connectivity index (χ0) is 23.4. The minimum absolute atomic E-state index is 0.0954.